The highest BCUT2D eigenvalue weighted by atomic mass is 16.6. The molecule has 2 rings (SSSR count). The molecule has 0 aliphatic rings. The minimum absolute atomic E-state index is 0.373. The maximum Gasteiger partial charge on any atom is 0.408 e. The third-order valence-corrected chi connectivity index (χ3v) is 5.63. The average Bonchev–Trinajstić information content (AvgIpc) is 2.80. The van der Waals surface area contributed by atoms with Crippen LogP contribution in [0.2, 0.25) is 0 Å². The van der Waals surface area contributed by atoms with Crippen LogP contribution in [0.5, 0.6) is 5.75 Å². The van der Waals surface area contributed by atoms with Gasteiger partial charge in [0, 0.05) is 11.2 Å². The van der Waals surface area contributed by atoms with Crippen LogP contribution in [0.4, 0.5) is 10.5 Å². The second kappa shape index (κ2) is 12.1. The fourth-order valence-electron chi connectivity index (χ4n) is 3.84. The summed E-state index contributed by atoms with van der Waals surface area (Å²) in [5.74, 6) is -0.117. The predicted molar refractivity (Wildman–Crippen MR) is 146 cm³/mol. The van der Waals surface area contributed by atoms with Crippen LogP contribution in [0.25, 0.3) is 0 Å². The Morgan fingerprint density at radius 1 is 0.919 bits per heavy atom. The minimum Gasteiger partial charge on any atom is -0.497 e. The van der Waals surface area contributed by atoms with Gasteiger partial charge in [-0.25, -0.2) is 4.79 Å². The Morgan fingerprint density at radius 2 is 1.49 bits per heavy atom. The Morgan fingerprint density at radius 3 is 1.95 bits per heavy atom. The van der Waals surface area contributed by atoms with Crippen molar-refractivity contribution in [1.82, 2.24) is 10.2 Å². The van der Waals surface area contributed by atoms with Crippen LogP contribution >= 0.6 is 0 Å². The number of hydrogen-bond acceptors (Lipinski definition) is 5. The summed E-state index contributed by atoms with van der Waals surface area (Å²) >= 11 is 0. The van der Waals surface area contributed by atoms with E-state index in [0.717, 1.165) is 12.0 Å². The number of rotatable bonds is 8. The lowest BCUT2D eigenvalue weighted by Gasteiger charge is -2.42. The predicted octanol–water partition coefficient (Wildman–Crippen LogP) is 5.48. The largest absolute Gasteiger partial charge is 0.497 e. The van der Waals surface area contributed by atoms with E-state index in [0.29, 0.717) is 17.0 Å². The first-order valence-electron chi connectivity index (χ1n) is 12.5. The van der Waals surface area contributed by atoms with E-state index in [1.807, 2.05) is 45.0 Å². The molecule has 0 bridgehead atoms. The number of carbonyl (C=O) groups is 3. The lowest BCUT2D eigenvalue weighted by Crippen LogP contribution is -2.57. The number of methoxy groups -OCH3 is 1. The Kier molecular flexibility index (Phi) is 9.73. The maximum atomic E-state index is 13.8. The Hall–Kier alpha value is -3.55. The van der Waals surface area contributed by atoms with Crippen LogP contribution in [0.1, 0.15) is 72.6 Å². The van der Waals surface area contributed by atoms with E-state index in [1.165, 1.54) is 4.90 Å². The first-order chi connectivity index (χ1) is 17.2. The Labute approximate surface area is 220 Å². The summed E-state index contributed by atoms with van der Waals surface area (Å²) in [5.41, 5.74) is 0.884. The van der Waals surface area contributed by atoms with Crippen molar-refractivity contribution in [3.63, 3.8) is 0 Å². The molecule has 8 heteroatoms. The first-order valence-corrected chi connectivity index (χ1v) is 12.5. The van der Waals surface area contributed by atoms with Gasteiger partial charge in [0.25, 0.3) is 5.91 Å². The number of amides is 3. The van der Waals surface area contributed by atoms with Gasteiger partial charge in [0.2, 0.25) is 5.91 Å². The van der Waals surface area contributed by atoms with Crippen LogP contribution < -0.4 is 15.4 Å². The summed E-state index contributed by atoms with van der Waals surface area (Å²) in [7, 11) is 1.57. The fraction of sp³-hybridized carbons (Fsp3) is 0.483. The molecule has 0 saturated heterocycles. The monoisotopic (exact) mass is 511 g/mol. The quantitative estimate of drug-likeness (QED) is 0.489. The fourth-order valence-corrected chi connectivity index (χ4v) is 3.84. The average molecular weight is 512 g/mol. The summed E-state index contributed by atoms with van der Waals surface area (Å²) in [5, 5.41) is 5.55. The zero-order chi connectivity index (χ0) is 28.0. The van der Waals surface area contributed by atoms with Crippen LogP contribution in [0, 0.1) is 0 Å². The molecule has 0 aliphatic carbocycles. The minimum atomic E-state index is -0.955. The van der Waals surface area contributed by atoms with Gasteiger partial charge in [0.05, 0.1) is 7.11 Å². The van der Waals surface area contributed by atoms with Gasteiger partial charge in [0.15, 0.2) is 0 Å². The molecule has 2 unspecified atom stereocenters. The number of nitrogens with zero attached hydrogens (tertiary/aromatic N) is 1. The summed E-state index contributed by atoms with van der Waals surface area (Å²) in [4.78, 5) is 41.5. The van der Waals surface area contributed by atoms with Gasteiger partial charge in [-0.2, -0.15) is 0 Å². The molecule has 8 nitrogen and oxygen atoms in total. The summed E-state index contributed by atoms with van der Waals surface area (Å²) < 4.78 is 10.5. The molecule has 202 valence electrons. The van der Waals surface area contributed by atoms with Crippen molar-refractivity contribution in [2.24, 2.45) is 0 Å². The molecule has 0 fully saturated rings. The molecule has 2 aromatic rings. The molecule has 0 spiro atoms. The van der Waals surface area contributed by atoms with Crippen LogP contribution in [-0.4, -0.2) is 47.1 Å². The lowest BCUT2D eigenvalue weighted by molar-refractivity contribution is -0.146. The molecule has 0 radical (unpaired) electrons. The standard InChI is InChI=1S/C29H41N3O5/c1-10-20-11-13-21(14-12-20)24(25(33)31-22-15-17-23(36-9)18-16-22)32(28(3,4)5)26(34)19(2)30-27(35)37-29(6,7)8/h11-19,24H,10H2,1-9H3,(H,30,35)(H,31,33). The number of ether oxygens (including phenoxy) is 2. The second-order valence-electron chi connectivity index (χ2n) is 11.0. The number of alkyl carbamates (subject to hydrolysis) is 1. The van der Waals surface area contributed by atoms with E-state index in [2.05, 4.69) is 17.6 Å². The lowest BCUT2D eigenvalue weighted by atomic mass is 9.94. The van der Waals surface area contributed by atoms with E-state index in [-0.39, 0.29) is 5.91 Å². The zero-order valence-electron chi connectivity index (χ0n) is 23.5. The van der Waals surface area contributed by atoms with Gasteiger partial charge in [-0.15, -0.1) is 0 Å². The van der Waals surface area contributed by atoms with E-state index < -0.39 is 35.2 Å². The molecule has 37 heavy (non-hydrogen) atoms. The summed E-state index contributed by atoms with van der Waals surface area (Å²) in [6, 6.07) is 12.7. The molecule has 2 aromatic carbocycles. The highest BCUT2D eigenvalue weighted by Crippen LogP contribution is 2.31. The number of aryl methyl sites for hydroxylation is 1. The molecule has 3 amide bonds. The van der Waals surface area contributed by atoms with Crippen molar-refractivity contribution >= 4 is 23.6 Å². The molecule has 2 atom stereocenters. The van der Waals surface area contributed by atoms with Crippen molar-refractivity contribution in [3.05, 3.63) is 59.7 Å². The van der Waals surface area contributed by atoms with Gasteiger partial charge in [0.1, 0.15) is 23.4 Å². The van der Waals surface area contributed by atoms with Crippen molar-refractivity contribution in [1.29, 1.82) is 0 Å². The summed E-state index contributed by atoms with van der Waals surface area (Å²) in [6.07, 6.45) is 0.149. The topological polar surface area (TPSA) is 97.0 Å². The SMILES string of the molecule is CCc1ccc(C(C(=O)Nc2ccc(OC)cc2)N(C(=O)C(C)NC(=O)OC(C)(C)C)C(C)(C)C)cc1. The molecule has 2 N–H and O–H groups in total. The summed E-state index contributed by atoms with van der Waals surface area (Å²) in [6.45, 7) is 14.5. The van der Waals surface area contributed by atoms with Crippen LogP contribution in [-0.2, 0) is 20.7 Å². The van der Waals surface area contributed by atoms with E-state index in [1.54, 1.807) is 59.1 Å². The van der Waals surface area contributed by atoms with Crippen molar-refractivity contribution in [2.75, 3.05) is 12.4 Å². The number of benzene rings is 2. The van der Waals surface area contributed by atoms with Gasteiger partial charge >= 0.3 is 6.09 Å². The van der Waals surface area contributed by atoms with Gasteiger partial charge in [-0.1, -0.05) is 31.2 Å². The normalized spacial score (nSPS) is 13.2. The van der Waals surface area contributed by atoms with Crippen molar-refractivity contribution < 1.29 is 23.9 Å². The van der Waals surface area contributed by atoms with Gasteiger partial charge < -0.3 is 25.0 Å². The van der Waals surface area contributed by atoms with Crippen LogP contribution in [0.3, 0.4) is 0 Å². The van der Waals surface area contributed by atoms with Gasteiger partial charge in [-0.05, 0) is 90.3 Å². The third-order valence-electron chi connectivity index (χ3n) is 5.63. The molecule has 0 saturated carbocycles. The zero-order valence-corrected chi connectivity index (χ0v) is 23.5. The maximum absolute atomic E-state index is 13.8. The molecular weight excluding hydrogens is 470 g/mol. The van der Waals surface area contributed by atoms with Crippen molar-refractivity contribution in [2.45, 2.75) is 85.0 Å². The van der Waals surface area contributed by atoms with Crippen LogP contribution in [0.15, 0.2) is 48.5 Å². The highest BCUT2D eigenvalue weighted by Gasteiger charge is 2.40. The second-order valence-corrected chi connectivity index (χ2v) is 11.0. The van der Waals surface area contributed by atoms with E-state index in [4.69, 9.17) is 9.47 Å². The van der Waals surface area contributed by atoms with E-state index >= 15 is 0 Å². The van der Waals surface area contributed by atoms with Crippen molar-refractivity contribution in [3.8, 4) is 5.75 Å². The molecule has 0 heterocycles. The molecular formula is C29H41N3O5. The number of nitrogens with one attached hydrogen (secondary N) is 2. The van der Waals surface area contributed by atoms with Gasteiger partial charge in [-0.3, -0.25) is 9.59 Å². The smallest absolute Gasteiger partial charge is 0.408 e. The number of carbonyl (C=O) groups excluding carboxylic acids is 3. The third kappa shape index (κ3) is 8.51. The molecule has 0 aliphatic heterocycles. The first kappa shape index (κ1) is 29.7. The number of hydrogen-bond donors (Lipinski definition) is 2. The highest BCUT2D eigenvalue weighted by molar-refractivity contribution is 5.99. The Balaban J connectivity index is 2.47. The Bertz CT molecular complexity index is 1070. The molecule has 0 aromatic heterocycles. The number of anilines is 1. The van der Waals surface area contributed by atoms with E-state index in [9.17, 15) is 14.4 Å².